The van der Waals surface area contributed by atoms with E-state index in [1.807, 2.05) is 0 Å². The molecule has 2 unspecified atom stereocenters. The summed E-state index contributed by atoms with van der Waals surface area (Å²) in [7, 11) is 1.29. The Hall–Kier alpha value is 0.0249. The summed E-state index contributed by atoms with van der Waals surface area (Å²) in [5.74, 6) is 0. The summed E-state index contributed by atoms with van der Waals surface area (Å²) >= 11 is 0. The Morgan fingerprint density at radius 3 is 2.55 bits per heavy atom. The Balaban J connectivity index is 2.02. The lowest BCUT2D eigenvalue weighted by atomic mass is 9.26. The topological polar surface area (TPSA) is 26.0 Å². The maximum atomic E-state index is 6.20. The van der Waals surface area contributed by atoms with Crippen LogP contribution in [0.15, 0.2) is 0 Å². The first-order valence-corrected chi connectivity index (χ1v) is 4.91. The Morgan fingerprint density at radius 2 is 1.82 bits per heavy atom. The van der Waals surface area contributed by atoms with Crippen LogP contribution in [-0.2, 0) is 0 Å². The molecule has 11 heavy (non-hydrogen) atoms. The minimum Gasteiger partial charge on any atom is -0.332 e. The predicted octanol–water partition coefficient (Wildman–Crippen LogP) is 1.62. The summed E-state index contributed by atoms with van der Waals surface area (Å²) in [4.78, 5) is 0. The van der Waals surface area contributed by atoms with Crippen LogP contribution < -0.4 is 5.73 Å². The minimum absolute atomic E-state index is 0.259. The van der Waals surface area contributed by atoms with Gasteiger partial charge in [0, 0.05) is 0 Å². The van der Waals surface area contributed by atoms with Gasteiger partial charge >= 0.3 is 0 Å². The molecule has 0 amide bonds. The monoisotopic (exact) mass is 151 g/mol. The maximum absolute atomic E-state index is 6.20. The molecule has 3 fully saturated rings. The van der Waals surface area contributed by atoms with E-state index in [9.17, 15) is 0 Å². The van der Waals surface area contributed by atoms with E-state index in [0.717, 1.165) is 0 Å². The van der Waals surface area contributed by atoms with Crippen molar-refractivity contribution in [2.24, 2.45) is 5.73 Å². The Morgan fingerprint density at radius 1 is 1.18 bits per heavy atom. The molecule has 3 aliphatic rings. The Labute approximate surface area is 70.0 Å². The normalized spacial score (nSPS) is 50.0. The largest absolute Gasteiger partial charge is 0.332 e. The van der Waals surface area contributed by atoms with Crippen molar-refractivity contribution < 1.29 is 0 Å². The highest BCUT2D eigenvalue weighted by molar-refractivity contribution is 6.48. The van der Waals surface area contributed by atoms with Crippen molar-refractivity contribution in [3.8, 4) is 0 Å². The average Bonchev–Trinajstić information content (AvgIpc) is 1.79. The van der Waals surface area contributed by atoms with E-state index < -0.39 is 0 Å². The van der Waals surface area contributed by atoms with E-state index >= 15 is 0 Å². The molecule has 0 radical (unpaired) electrons. The maximum Gasteiger partial charge on any atom is 0.152 e. The molecule has 62 valence electrons. The van der Waals surface area contributed by atoms with Gasteiger partial charge in [-0.2, -0.15) is 0 Å². The highest BCUT2D eigenvalue weighted by Gasteiger charge is 2.50. The summed E-state index contributed by atoms with van der Waals surface area (Å²) < 4.78 is 0. The fourth-order valence-corrected chi connectivity index (χ4v) is 3.21. The van der Waals surface area contributed by atoms with Crippen molar-refractivity contribution in [1.82, 2.24) is 0 Å². The summed E-state index contributed by atoms with van der Waals surface area (Å²) in [6.45, 7) is 2.41. The first-order chi connectivity index (χ1) is 5.12. The Bertz CT molecular complexity index is 145. The molecule has 1 nitrogen and oxygen atoms in total. The van der Waals surface area contributed by atoms with E-state index in [1.54, 1.807) is 0 Å². The fraction of sp³-hybridized carbons (Fsp3) is 1.00. The molecule has 0 aromatic carbocycles. The number of hydrogen-bond donors (Lipinski definition) is 1. The average molecular weight is 151 g/mol. The molecule has 2 aliphatic heterocycles. The van der Waals surface area contributed by atoms with E-state index in [4.69, 9.17) is 5.73 Å². The second kappa shape index (κ2) is 2.26. The summed E-state index contributed by atoms with van der Waals surface area (Å²) in [5.41, 5.74) is 6.46. The molecule has 0 spiro atoms. The minimum atomic E-state index is 0.259. The van der Waals surface area contributed by atoms with Gasteiger partial charge in [0.05, 0.1) is 0 Å². The van der Waals surface area contributed by atoms with Crippen molar-refractivity contribution in [2.45, 2.75) is 56.2 Å². The standard InChI is InChI=1S/C9H18BN/c1-8-5-3-2-4-6-9(11,7-8)10-8/h10H,2-7,11H2,1H3. The molecule has 1 saturated carbocycles. The van der Waals surface area contributed by atoms with Crippen LogP contribution in [0, 0.1) is 0 Å². The van der Waals surface area contributed by atoms with Crippen LogP contribution in [0.4, 0.5) is 0 Å². The molecular weight excluding hydrogens is 133 g/mol. The third-order valence-electron chi connectivity index (χ3n) is 3.51. The molecule has 0 aromatic rings. The van der Waals surface area contributed by atoms with Crippen molar-refractivity contribution in [3.63, 3.8) is 0 Å². The lowest BCUT2D eigenvalue weighted by Gasteiger charge is -2.53. The van der Waals surface area contributed by atoms with Gasteiger partial charge in [-0.05, 0) is 18.3 Å². The smallest absolute Gasteiger partial charge is 0.152 e. The second-order valence-corrected chi connectivity index (χ2v) is 5.09. The lowest BCUT2D eigenvalue weighted by Crippen LogP contribution is -2.62. The van der Waals surface area contributed by atoms with Crippen LogP contribution >= 0.6 is 0 Å². The van der Waals surface area contributed by atoms with E-state index in [1.165, 1.54) is 45.8 Å². The number of hydrogen-bond acceptors (Lipinski definition) is 1. The van der Waals surface area contributed by atoms with E-state index in [2.05, 4.69) is 6.92 Å². The van der Waals surface area contributed by atoms with Crippen LogP contribution in [0.5, 0.6) is 0 Å². The first kappa shape index (κ1) is 7.66. The van der Waals surface area contributed by atoms with Crippen molar-refractivity contribution in [3.05, 3.63) is 0 Å². The molecule has 3 rings (SSSR count). The van der Waals surface area contributed by atoms with Crippen LogP contribution in [0.2, 0.25) is 5.31 Å². The van der Waals surface area contributed by atoms with Crippen LogP contribution in [0.1, 0.15) is 45.4 Å². The molecule has 2 saturated heterocycles. The number of rotatable bonds is 0. The van der Waals surface area contributed by atoms with Crippen LogP contribution in [0.25, 0.3) is 0 Å². The lowest BCUT2D eigenvalue weighted by molar-refractivity contribution is 0.285. The third-order valence-corrected chi connectivity index (χ3v) is 3.51. The highest BCUT2D eigenvalue weighted by Crippen LogP contribution is 2.52. The molecule has 2 atom stereocenters. The van der Waals surface area contributed by atoms with Gasteiger partial charge < -0.3 is 5.73 Å². The summed E-state index contributed by atoms with van der Waals surface area (Å²) in [6.07, 6.45) is 8.21. The fourth-order valence-electron chi connectivity index (χ4n) is 3.21. The Kier molecular flexibility index (Phi) is 1.57. The van der Waals surface area contributed by atoms with Crippen molar-refractivity contribution >= 4 is 7.28 Å². The van der Waals surface area contributed by atoms with E-state index in [-0.39, 0.29) is 5.44 Å². The van der Waals surface area contributed by atoms with Gasteiger partial charge in [-0.25, -0.2) is 0 Å². The van der Waals surface area contributed by atoms with Gasteiger partial charge in [0.1, 0.15) is 0 Å². The summed E-state index contributed by atoms with van der Waals surface area (Å²) in [5, 5.41) is 0.634. The summed E-state index contributed by atoms with van der Waals surface area (Å²) in [6, 6.07) is 0. The van der Waals surface area contributed by atoms with Crippen LogP contribution in [-0.4, -0.2) is 12.7 Å². The molecule has 0 aromatic heterocycles. The SMILES string of the molecule is CC12BC(N)(CCCCC1)C2. The van der Waals surface area contributed by atoms with Gasteiger partial charge in [0.15, 0.2) is 7.28 Å². The molecule has 2 N–H and O–H groups in total. The van der Waals surface area contributed by atoms with Gasteiger partial charge in [-0.1, -0.05) is 37.9 Å². The molecule has 2 heteroatoms. The first-order valence-electron chi connectivity index (χ1n) is 4.91. The molecule has 1 aliphatic carbocycles. The van der Waals surface area contributed by atoms with Crippen LogP contribution in [0.3, 0.4) is 0 Å². The molecule has 2 bridgehead atoms. The van der Waals surface area contributed by atoms with Gasteiger partial charge in [-0.3, -0.25) is 0 Å². The van der Waals surface area contributed by atoms with E-state index in [0.29, 0.717) is 5.31 Å². The zero-order valence-electron chi connectivity index (χ0n) is 7.53. The molecule has 2 heterocycles. The highest BCUT2D eigenvalue weighted by atomic mass is 14.7. The van der Waals surface area contributed by atoms with Crippen molar-refractivity contribution in [1.29, 1.82) is 0 Å². The zero-order valence-corrected chi connectivity index (χ0v) is 7.53. The van der Waals surface area contributed by atoms with Gasteiger partial charge in [0.2, 0.25) is 0 Å². The number of fused-ring (bicyclic) bond motifs is 4. The van der Waals surface area contributed by atoms with Crippen molar-refractivity contribution in [2.75, 3.05) is 0 Å². The quantitative estimate of drug-likeness (QED) is 0.523. The second-order valence-electron chi connectivity index (χ2n) is 5.09. The van der Waals surface area contributed by atoms with Gasteiger partial charge in [-0.15, -0.1) is 0 Å². The molecular formula is C9H18BN. The number of nitrogens with two attached hydrogens (primary N) is 1. The van der Waals surface area contributed by atoms with Gasteiger partial charge in [0.25, 0.3) is 0 Å². The third kappa shape index (κ3) is 1.33. The predicted molar refractivity (Wildman–Crippen MR) is 50.1 cm³/mol. The zero-order chi connectivity index (χ0) is 7.95.